The lowest BCUT2D eigenvalue weighted by Gasteiger charge is -2.61. The molecule has 0 aromatic heterocycles. The molecule has 0 heterocycles. The average Bonchev–Trinajstić information content (AvgIpc) is 3.70. The quantitative estimate of drug-likeness (QED) is 0.0381. The van der Waals surface area contributed by atoms with Crippen LogP contribution in [0.5, 0.6) is 0 Å². The summed E-state index contributed by atoms with van der Waals surface area (Å²) in [5.41, 5.74) is -1.31. The van der Waals surface area contributed by atoms with Gasteiger partial charge in [0.05, 0.1) is 0 Å². The van der Waals surface area contributed by atoms with Crippen LogP contribution in [0.2, 0.25) is 0 Å². The summed E-state index contributed by atoms with van der Waals surface area (Å²) < 4.78 is 0. The van der Waals surface area contributed by atoms with E-state index in [9.17, 15) is 49.3 Å². The zero-order chi connectivity index (χ0) is 52.0. The molecule has 15 nitrogen and oxygen atoms in total. The third-order valence-corrected chi connectivity index (χ3v) is 17.9. The van der Waals surface area contributed by atoms with E-state index in [4.69, 9.17) is 0 Å². The van der Waals surface area contributed by atoms with Crippen LogP contribution in [-0.4, -0.2) is 97.1 Å². The molecule has 4 saturated carbocycles. The van der Waals surface area contributed by atoms with E-state index in [0.717, 1.165) is 24.2 Å². The lowest BCUT2D eigenvalue weighted by Crippen LogP contribution is -2.69. The SMILES string of the molecule is CC(C)C(O)[C@@](O)(C(=O)N[C@H](C(=O)N[C@@H](Cc1ccccc1)C(=O)N[C@@H](Cc1ccccc1)C(=O)N[C@@H](C)C(=O)O)C(C)C)N(O)C(=O)CC[C@@H](C)[C@H]1CC[C@H]2[C@@H]3CCC4CCCC[C@]4(C)[C@H]3CC[C@]12C. The number of fused-ring (bicyclic) bond motifs is 5. The molecule has 5 amide bonds. The number of hydrogen-bond acceptors (Lipinski definition) is 9. The van der Waals surface area contributed by atoms with E-state index in [1.54, 1.807) is 74.5 Å². The Morgan fingerprint density at radius 2 is 1.24 bits per heavy atom. The Labute approximate surface area is 421 Å². The summed E-state index contributed by atoms with van der Waals surface area (Å²) in [5, 5.41) is 54.9. The molecule has 0 aliphatic heterocycles. The Balaban J connectivity index is 1.15. The van der Waals surface area contributed by atoms with Crippen LogP contribution in [-0.2, 0) is 41.6 Å². The zero-order valence-electron chi connectivity index (χ0n) is 43.4. The average molecular weight is 986 g/mol. The molecule has 4 aliphatic carbocycles. The van der Waals surface area contributed by atoms with E-state index in [2.05, 4.69) is 42.0 Å². The molecule has 0 radical (unpaired) electrons. The van der Waals surface area contributed by atoms with Crippen molar-refractivity contribution in [2.45, 2.75) is 181 Å². The van der Waals surface area contributed by atoms with Crippen molar-refractivity contribution in [1.82, 2.24) is 26.3 Å². The van der Waals surface area contributed by atoms with Crippen LogP contribution in [0, 0.1) is 58.2 Å². The molecule has 15 heteroatoms. The third-order valence-electron chi connectivity index (χ3n) is 17.9. The van der Waals surface area contributed by atoms with Gasteiger partial charge in [0.25, 0.3) is 11.6 Å². The highest BCUT2D eigenvalue weighted by molar-refractivity contribution is 5.97. The Morgan fingerprint density at radius 1 is 0.676 bits per heavy atom. The van der Waals surface area contributed by atoms with Gasteiger partial charge in [0.2, 0.25) is 23.6 Å². The van der Waals surface area contributed by atoms with Gasteiger partial charge in [-0.1, -0.05) is 122 Å². The molecule has 0 bridgehead atoms. The van der Waals surface area contributed by atoms with Gasteiger partial charge in [-0.3, -0.25) is 34.0 Å². The van der Waals surface area contributed by atoms with Crippen molar-refractivity contribution in [2.24, 2.45) is 58.2 Å². The summed E-state index contributed by atoms with van der Waals surface area (Å²) in [6.45, 7) is 14.8. The molecule has 4 fully saturated rings. The molecular formula is C56H83N5O10. The lowest BCUT2D eigenvalue weighted by atomic mass is 9.44. The monoisotopic (exact) mass is 986 g/mol. The van der Waals surface area contributed by atoms with E-state index >= 15 is 0 Å². The molecular weight excluding hydrogens is 903 g/mol. The van der Waals surface area contributed by atoms with Crippen molar-refractivity contribution in [3.05, 3.63) is 71.8 Å². The van der Waals surface area contributed by atoms with E-state index in [1.807, 2.05) is 0 Å². The highest BCUT2D eigenvalue weighted by Crippen LogP contribution is 2.68. The second-order valence-corrected chi connectivity index (χ2v) is 23.0. The van der Waals surface area contributed by atoms with Gasteiger partial charge in [-0.2, -0.15) is 5.06 Å². The molecule has 71 heavy (non-hydrogen) atoms. The maximum atomic E-state index is 14.4. The smallest absolute Gasteiger partial charge is 0.325 e. The second kappa shape index (κ2) is 23.3. The van der Waals surface area contributed by atoms with Crippen molar-refractivity contribution < 1.29 is 49.3 Å². The van der Waals surface area contributed by atoms with E-state index in [1.165, 1.54) is 78.6 Å². The van der Waals surface area contributed by atoms with Crippen LogP contribution in [0.15, 0.2) is 60.7 Å². The van der Waals surface area contributed by atoms with Crippen LogP contribution in [0.1, 0.15) is 144 Å². The summed E-state index contributed by atoms with van der Waals surface area (Å²) in [7, 11) is 0. The van der Waals surface area contributed by atoms with Gasteiger partial charge in [-0.15, -0.1) is 0 Å². The maximum Gasteiger partial charge on any atom is 0.325 e. The highest BCUT2D eigenvalue weighted by Gasteiger charge is 2.60. The molecule has 392 valence electrons. The number of hydroxylamine groups is 2. The van der Waals surface area contributed by atoms with Crippen molar-refractivity contribution in [3.8, 4) is 0 Å². The molecule has 0 saturated heterocycles. The number of carboxylic acids is 1. The normalized spacial score (nSPS) is 28.3. The molecule has 2 aromatic rings. The molecule has 8 N–H and O–H groups in total. The van der Waals surface area contributed by atoms with Gasteiger partial charge < -0.3 is 36.6 Å². The van der Waals surface area contributed by atoms with E-state index in [0.29, 0.717) is 34.8 Å². The number of aliphatic carboxylic acids is 1. The van der Waals surface area contributed by atoms with Gasteiger partial charge in [-0.05, 0) is 134 Å². The molecule has 2 aromatic carbocycles. The van der Waals surface area contributed by atoms with Gasteiger partial charge >= 0.3 is 5.97 Å². The molecule has 4 aliphatic rings. The number of hydrogen-bond donors (Lipinski definition) is 8. The summed E-state index contributed by atoms with van der Waals surface area (Å²) >= 11 is 0. The summed E-state index contributed by atoms with van der Waals surface area (Å²) in [4.78, 5) is 82.1. The number of nitrogens with one attached hydrogen (secondary N) is 4. The van der Waals surface area contributed by atoms with E-state index < -0.39 is 83.3 Å². The highest BCUT2D eigenvalue weighted by atomic mass is 16.6. The van der Waals surface area contributed by atoms with Crippen molar-refractivity contribution in [3.63, 3.8) is 0 Å². The van der Waals surface area contributed by atoms with Crippen LogP contribution in [0.3, 0.4) is 0 Å². The number of carbonyl (C=O) groups excluding carboxylic acids is 5. The summed E-state index contributed by atoms with van der Waals surface area (Å²) in [6, 6.07) is 12.2. The van der Waals surface area contributed by atoms with Gasteiger partial charge in [-0.25, -0.2) is 0 Å². The first-order chi connectivity index (χ1) is 33.5. The second-order valence-electron chi connectivity index (χ2n) is 23.0. The van der Waals surface area contributed by atoms with Gasteiger partial charge in [0, 0.05) is 19.3 Å². The van der Waals surface area contributed by atoms with Crippen LogP contribution < -0.4 is 21.3 Å². The lowest BCUT2D eigenvalue weighted by molar-refractivity contribution is -0.276. The largest absolute Gasteiger partial charge is 0.480 e. The number of aliphatic hydroxyl groups is 2. The first-order valence-corrected chi connectivity index (χ1v) is 26.5. The number of nitrogens with zero attached hydrogens (tertiary/aromatic N) is 1. The number of amides is 5. The number of carbonyl (C=O) groups is 6. The van der Waals surface area contributed by atoms with E-state index in [-0.39, 0.29) is 35.7 Å². The number of carboxylic acid groups (broad SMARTS) is 1. The minimum atomic E-state index is -3.20. The van der Waals surface area contributed by atoms with Gasteiger partial charge in [0.15, 0.2) is 0 Å². The van der Waals surface area contributed by atoms with Crippen LogP contribution in [0.25, 0.3) is 0 Å². The molecule has 2 unspecified atom stereocenters. The van der Waals surface area contributed by atoms with Gasteiger partial charge in [0.1, 0.15) is 30.3 Å². The number of benzene rings is 2. The fourth-order valence-electron chi connectivity index (χ4n) is 13.7. The Kier molecular flexibility index (Phi) is 18.2. The maximum absolute atomic E-state index is 14.4. The minimum Gasteiger partial charge on any atom is -0.480 e. The van der Waals surface area contributed by atoms with Crippen LogP contribution >= 0.6 is 0 Å². The zero-order valence-corrected chi connectivity index (χ0v) is 43.4. The Hall–Kier alpha value is -4.86. The van der Waals surface area contributed by atoms with Crippen molar-refractivity contribution in [1.29, 1.82) is 0 Å². The van der Waals surface area contributed by atoms with Crippen molar-refractivity contribution >= 4 is 35.5 Å². The fraction of sp³-hybridized carbons (Fsp3) is 0.679. The van der Waals surface area contributed by atoms with Crippen molar-refractivity contribution in [2.75, 3.05) is 0 Å². The first kappa shape index (κ1) is 55.5. The Morgan fingerprint density at radius 3 is 1.80 bits per heavy atom. The summed E-state index contributed by atoms with van der Waals surface area (Å²) in [5.74, 6) is -4.08. The third kappa shape index (κ3) is 12.2. The Bertz CT molecular complexity index is 2180. The predicted molar refractivity (Wildman–Crippen MR) is 269 cm³/mol. The predicted octanol–water partition coefficient (Wildman–Crippen LogP) is 6.56. The molecule has 6 rings (SSSR count). The molecule has 0 spiro atoms. The first-order valence-electron chi connectivity index (χ1n) is 26.5. The fourth-order valence-corrected chi connectivity index (χ4v) is 13.7. The minimum absolute atomic E-state index is 0.00536. The van der Waals surface area contributed by atoms with Crippen LogP contribution in [0.4, 0.5) is 0 Å². The summed E-state index contributed by atoms with van der Waals surface area (Å²) in [6.07, 6.45) is 10.9. The number of aliphatic hydroxyl groups excluding tert-OH is 1. The topological polar surface area (TPSA) is 235 Å². The molecule has 14 atom stereocenters. The number of rotatable bonds is 21. The standard InChI is InChI=1S/C56H83N5O10/c1-33(2)47(51(66)59-45(32-38-19-13-10-14-20-38)50(65)58-44(31-37-17-11-9-12-18-37)49(64)57-36(6)52(67)68)60-53(69)56(70,48(63)34(3)4)61(71)46(62)27-22-35(5)41-25-26-42-40-24-23-39-21-15-16-29-54(39,7)43(40)28-30-55(41,42)8/h9-14,17-20,33-36,39-45,47-48,63,70-71H,15-16,21-32H2,1-8H3,(H,57,64)(H,58,65)(H,59,66)(H,60,69)(H,67,68)/t35-,36+,39?,40+,41-,42+,43+,44+,45+,47+,48?,54+,55-,56-/m1/s1.